The standard InChI is InChI=1S/C15H22N2O4/c1-15(2,3)21-14(18)17-8-10(16)13-9-19-11-6-4-5-7-12(11)20-13/h4-7,10,13H,8-9,16H2,1-3H3,(H,17,18). The third kappa shape index (κ3) is 4.53. The molecule has 0 spiro atoms. The predicted molar refractivity (Wildman–Crippen MR) is 78.6 cm³/mol. The Morgan fingerprint density at radius 2 is 2.10 bits per heavy atom. The number of para-hydroxylation sites is 2. The topological polar surface area (TPSA) is 82.8 Å². The van der Waals surface area contributed by atoms with Crippen LogP contribution in [0.3, 0.4) is 0 Å². The lowest BCUT2D eigenvalue weighted by atomic mass is 10.1. The molecule has 6 nitrogen and oxygen atoms in total. The molecule has 6 heteroatoms. The molecule has 1 aliphatic heterocycles. The highest BCUT2D eigenvalue weighted by Crippen LogP contribution is 2.31. The fourth-order valence-electron chi connectivity index (χ4n) is 1.89. The molecule has 1 heterocycles. The summed E-state index contributed by atoms with van der Waals surface area (Å²) in [5.74, 6) is 1.38. The van der Waals surface area contributed by atoms with Gasteiger partial charge in [0.05, 0.1) is 6.04 Å². The smallest absolute Gasteiger partial charge is 0.407 e. The first-order valence-electron chi connectivity index (χ1n) is 6.96. The zero-order valence-electron chi connectivity index (χ0n) is 12.6. The van der Waals surface area contributed by atoms with Gasteiger partial charge in [0, 0.05) is 6.54 Å². The molecule has 1 aliphatic rings. The Balaban J connectivity index is 1.82. The molecule has 3 N–H and O–H groups in total. The Labute approximate surface area is 124 Å². The van der Waals surface area contributed by atoms with E-state index in [4.69, 9.17) is 19.9 Å². The number of amides is 1. The number of fused-ring (bicyclic) bond motifs is 1. The summed E-state index contributed by atoms with van der Waals surface area (Å²) in [7, 11) is 0. The average molecular weight is 294 g/mol. The summed E-state index contributed by atoms with van der Waals surface area (Å²) < 4.78 is 16.5. The molecular weight excluding hydrogens is 272 g/mol. The quantitative estimate of drug-likeness (QED) is 0.886. The molecule has 0 aliphatic carbocycles. The van der Waals surface area contributed by atoms with E-state index in [1.54, 1.807) is 0 Å². The highest BCUT2D eigenvalue weighted by atomic mass is 16.6. The molecule has 116 valence electrons. The molecule has 0 saturated carbocycles. The molecule has 2 rings (SSSR count). The first-order chi connectivity index (χ1) is 9.85. The molecule has 2 unspecified atom stereocenters. The van der Waals surface area contributed by atoms with E-state index in [1.165, 1.54) is 0 Å². The van der Waals surface area contributed by atoms with Crippen molar-refractivity contribution in [3.05, 3.63) is 24.3 Å². The van der Waals surface area contributed by atoms with Crippen molar-refractivity contribution in [2.24, 2.45) is 5.73 Å². The van der Waals surface area contributed by atoms with Crippen LogP contribution in [0, 0.1) is 0 Å². The SMILES string of the molecule is CC(C)(C)OC(=O)NCC(N)C1COc2ccccc2O1. The number of nitrogens with two attached hydrogens (primary N) is 1. The van der Waals surface area contributed by atoms with Crippen LogP contribution < -0.4 is 20.5 Å². The lowest BCUT2D eigenvalue weighted by Crippen LogP contribution is -2.51. The van der Waals surface area contributed by atoms with E-state index in [1.807, 2.05) is 45.0 Å². The third-order valence-electron chi connectivity index (χ3n) is 2.89. The minimum atomic E-state index is -0.530. The minimum absolute atomic E-state index is 0.255. The van der Waals surface area contributed by atoms with E-state index >= 15 is 0 Å². The molecule has 1 aromatic rings. The molecule has 1 aromatic carbocycles. The fraction of sp³-hybridized carbons (Fsp3) is 0.533. The van der Waals surface area contributed by atoms with Gasteiger partial charge in [0.15, 0.2) is 11.5 Å². The van der Waals surface area contributed by atoms with Crippen molar-refractivity contribution in [2.45, 2.75) is 38.5 Å². The molecule has 0 saturated heterocycles. The van der Waals surface area contributed by atoms with E-state index in [2.05, 4.69) is 5.32 Å². The maximum absolute atomic E-state index is 11.6. The van der Waals surface area contributed by atoms with Crippen molar-refractivity contribution in [1.82, 2.24) is 5.32 Å². The number of ether oxygens (including phenoxy) is 3. The van der Waals surface area contributed by atoms with Gasteiger partial charge in [-0.2, -0.15) is 0 Å². The van der Waals surface area contributed by atoms with Crippen LogP contribution >= 0.6 is 0 Å². The summed E-state index contributed by atoms with van der Waals surface area (Å²) in [6, 6.07) is 7.04. The molecule has 0 bridgehead atoms. The van der Waals surface area contributed by atoms with Crippen LogP contribution in [-0.4, -0.2) is 37.0 Å². The Morgan fingerprint density at radius 3 is 2.76 bits per heavy atom. The number of carbonyl (C=O) groups excluding carboxylic acids is 1. The number of benzene rings is 1. The van der Waals surface area contributed by atoms with Crippen molar-refractivity contribution in [3.8, 4) is 11.5 Å². The van der Waals surface area contributed by atoms with Gasteiger partial charge >= 0.3 is 6.09 Å². The van der Waals surface area contributed by atoms with Crippen molar-refractivity contribution in [3.63, 3.8) is 0 Å². The van der Waals surface area contributed by atoms with Crippen LogP contribution in [0.1, 0.15) is 20.8 Å². The average Bonchev–Trinajstić information content (AvgIpc) is 2.42. The molecule has 21 heavy (non-hydrogen) atoms. The Bertz CT molecular complexity index is 499. The van der Waals surface area contributed by atoms with Gasteiger partial charge in [-0.1, -0.05) is 12.1 Å². The van der Waals surface area contributed by atoms with Crippen molar-refractivity contribution < 1.29 is 19.0 Å². The van der Waals surface area contributed by atoms with E-state index in [-0.39, 0.29) is 18.7 Å². The van der Waals surface area contributed by atoms with Crippen LogP contribution in [0.5, 0.6) is 11.5 Å². The van der Waals surface area contributed by atoms with Crippen LogP contribution in [0.2, 0.25) is 0 Å². The summed E-state index contributed by atoms with van der Waals surface area (Å²) in [6.45, 7) is 6.03. The maximum atomic E-state index is 11.6. The second-order valence-electron chi connectivity index (χ2n) is 5.96. The lowest BCUT2D eigenvalue weighted by molar-refractivity contribution is 0.0477. The van der Waals surface area contributed by atoms with Gasteiger partial charge in [0.25, 0.3) is 0 Å². The normalized spacial score (nSPS) is 18.8. The molecule has 2 atom stereocenters. The molecule has 0 fully saturated rings. The van der Waals surface area contributed by atoms with Crippen LogP contribution in [0.4, 0.5) is 4.79 Å². The highest BCUT2D eigenvalue weighted by Gasteiger charge is 2.27. The van der Waals surface area contributed by atoms with Crippen LogP contribution in [-0.2, 0) is 4.74 Å². The molecule has 1 amide bonds. The van der Waals surface area contributed by atoms with Gasteiger partial charge in [0.1, 0.15) is 18.3 Å². The summed E-state index contributed by atoms with van der Waals surface area (Å²) in [4.78, 5) is 11.6. The number of hydrogen-bond acceptors (Lipinski definition) is 5. The number of rotatable bonds is 3. The first kappa shape index (κ1) is 15.4. The largest absolute Gasteiger partial charge is 0.486 e. The number of carbonyl (C=O) groups is 1. The van der Waals surface area contributed by atoms with Gasteiger partial charge in [-0.25, -0.2) is 4.79 Å². The predicted octanol–water partition coefficient (Wildman–Crippen LogP) is 1.68. The van der Waals surface area contributed by atoms with Crippen molar-refractivity contribution >= 4 is 6.09 Å². The number of nitrogens with one attached hydrogen (secondary N) is 1. The maximum Gasteiger partial charge on any atom is 0.407 e. The summed E-state index contributed by atoms with van der Waals surface area (Å²) >= 11 is 0. The summed E-state index contributed by atoms with van der Waals surface area (Å²) in [5.41, 5.74) is 5.51. The monoisotopic (exact) mass is 294 g/mol. The van der Waals surface area contributed by atoms with Gasteiger partial charge in [0.2, 0.25) is 0 Å². The van der Waals surface area contributed by atoms with Crippen molar-refractivity contribution in [1.29, 1.82) is 0 Å². The molecular formula is C15H22N2O4. The van der Waals surface area contributed by atoms with Gasteiger partial charge in [-0.3, -0.25) is 0 Å². The Morgan fingerprint density at radius 1 is 1.43 bits per heavy atom. The Kier molecular flexibility index (Phi) is 4.57. The van der Waals surface area contributed by atoms with Crippen LogP contribution in [0.25, 0.3) is 0 Å². The van der Waals surface area contributed by atoms with E-state index in [0.717, 1.165) is 0 Å². The number of hydrogen-bond donors (Lipinski definition) is 2. The van der Waals surface area contributed by atoms with Gasteiger partial charge in [-0.05, 0) is 32.9 Å². The fourth-order valence-corrected chi connectivity index (χ4v) is 1.89. The highest BCUT2D eigenvalue weighted by molar-refractivity contribution is 5.67. The van der Waals surface area contributed by atoms with Gasteiger partial charge < -0.3 is 25.3 Å². The summed E-state index contributed by atoms with van der Waals surface area (Å²) in [5, 5.41) is 2.64. The number of alkyl carbamates (subject to hydrolysis) is 1. The summed E-state index contributed by atoms with van der Waals surface area (Å²) in [6.07, 6.45) is -0.801. The van der Waals surface area contributed by atoms with Crippen LogP contribution in [0.15, 0.2) is 24.3 Å². The van der Waals surface area contributed by atoms with E-state index in [9.17, 15) is 4.79 Å². The second kappa shape index (κ2) is 6.22. The van der Waals surface area contributed by atoms with Crippen molar-refractivity contribution in [2.75, 3.05) is 13.2 Å². The van der Waals surface area contributed by atoms with Gasteiger partial charge in [-0.15, -0.1) is 0 Å². The van der Waals surface area contributed by atoms with E-state index in [0.29, 0.717) is 18.1 Å². The molecule has 0 aromatic heterocycles. The second-order valence-corrected chi connectivity index (χ2v) is 5.96. The molecule has 0 radical (unpaired) electrons. The first-order valence-corrected chi connectivity index (χ1v) is 6.96. The minimum Gasteiger partial charge on any atom is -0.486 e. The third-order valence-corrected chi connectivity index (χ3v) is 2.89. The lowest BCUT2D eigenvalue weighted by Gasteiger charge is -2.30. The zero-order chi connectivity index (χ0) is 15.5. The Hall–Kier alpha value is -1.95. The zero-order valence-corrected chi connectivity index (χ0v) is 12.6. The van der Waals surface area contributed by atoms with E-state index < -0.39 is 11.7 Å².